The Morgan fingerprint density at radius 2 is 1.77 bits per heavy atom. The average Bonchev–Trinajstić information content (AvgIpc) is 2.65. The molecule has 1 N–H and O–H groups in total. The second-order valence-corrected chi connectivity index (χ2v) is 6.58. The molecular formula is C21H25N5. The lowest BCUT2D eigenvalue weighted by atomic mass is 10.2. The van der Waals surface area contributed by atoms with Gasteiger partial charge in [-0.3, -0.25) is 4.98 Å². The highest BCUT2D eigenvalue weighted by atomic mass is 15.3. The minimum absolute atomic E-state index is 0.292. The van der Waals surface area contributed by atoms with Crippen molar-refractivity contribution in [3.8, 4) is 0 Å². The van der Waals surface area contributed by atoms with E-state index in [0.29, 0.717) is 12.6 Å². The molecule has 26 heavy (non-hydrogen) atoms. The maximum Gasteiger partial charge on any atom is 0.228 e. The van der Waals surface area contributed by atoms with Crippen LogP contribution in [-0.2, 0) is 13.1 Å². The molecule has 0 unspecified atom stereocenters. The van der Waals surface area contributed by atoms with Crippen molar-refractivity contribution < 1.29 is 0 Å². The van der Waals surface area contributed by atoms with Crippen molar-refractivity contribution in [3.63, 3.8) is 0 Å². The molecule has 5 heteroatoms. The summed E-state index contributed by atoms with van der Waals surface area (Å²) in [7, 11) is 0. The molecule has 0 saturated heterocycles. The van der Waals surface area contributed by atoms with Gasteiger partial charge < -0.3 is 10.2 Å². The zero-order chi connectivity index (χ0) is 18.4. The molecule has 0 radical (unpaired) electrons. The van der Waals surface area contributed by atoms with Crippen molar-refractivity contribution in [3.05, 3.63) is 77.7 Å². The topological polar surface area (TPSA) is 53.9 Å². The highest BCUT2D eigenvalue weighted by Crippen LogP contribution is 2.19. The van der Waals surface area contributed by atoms with Gasteiger partial charge in [0.1, 0.15) is 5.82 Å². The Kier molecular flexibility index (Phi) is 5.79. The molecule has 5 nitrogen and oxygen atoms in total. The zero-order valence-electron chi connectivity index (χ0n) is 15.6. The summed E-state index contributed by atoms with van der Waals surface area (Å²) < 4.78 is 0. The van der Waals surface area contributed by atoms with Gasteiger partial charge in [0.15, 0.2) is 0 Å². The zero-order valence-corrected chi connectivity index (χ0v) is 15.6. The van der Waals surface area contributed by atoms with Crippen LogP contribution in [0.4, 0.5) is 11.8 Å². The number of nitrogens with one attached hydrogen (secondary N) is 1. The van der Waals surface area contributed by atoms with Gasteiger partial charge in [-0.25, -0.2) is 4.98 Å². The smallest absolute Gasteiger partial charge is 0.228 e. The summed E-state index contributed by atoms with van der Waals surface area (Å²) in [4.78, 5) is 16.0. The van der Waals surface area contributed by atoms with Gasteiger partial charge in [0.2, 0.25) is 5.95 Å². The maximum atomic E-state index is 4.74. The number of nitrogens with zero attached hydrogens (tertiary/aromatic N) is 4. The van der Waals surface area contributed by atoms with E-state index in [1.165, 1.54) is 5.56 Å². The first-order chi connectivity index (χ1) is 12.6. The molecule has 0 atom stereocenters. The molecule has 0 bridgehead atoms. The minimum Gasteiger partial charge on any atom is -0.364 e. The van der Waals surface area contributed by atoms with Crippen LogP contribution in [0.25, 0.3) is 0 Å². The number of aromatic nitrogens is 3. The predicted octanol–water partition coefficient (Wildman–Crippen LogP) is 4.21. The quantitative estimate of drug-likeness (QED) is 0.694. The first kappa shape index (κ1) is 17.9. The monoisotopic (exact) mass is 347 g/mol. The number of anilines is 2. The Labute approximate surface area is 155 Å². The molecule has 0 amide bonds. The van der Waals surface area contributed by atoms with Gasteiger partial charge in [0.05, 0.1) is 12.2 Å². The van der Waals surface area contributed by atoms with E-state index < -0.39 is 0 Å². The lowest BCUT2D eigenvalue weighted by Crippen LogP contribution is -2.32. The van der Waals surface area contributed by atoms with Crippen molar-refractivity contribution >= 4 is 11.8 Å². The second kappa shape index (κ2) is 8.43. The van der Waals surface area contributed by atoms with Gasteiger partial charge >= 0.3 is 0 Å². The molecule has 134 valence electrons. The van der Waals surface area contributed by atoms with E-state index >= 15 is 0 Å². The van der Waals surface area contributed by atoms with E-state index in [9.17, 15) is 0 Å². The van der Waals surface area contributed by atoms with Gasteiger partial charge in [0.25, 0.3) is 0 Å². The molecule has 0 aliphatic rings. The van der Waals surface area contributed by atoms with Crippen LogP contribution in [0.3, 0.4) is 0 Å². The Bertz CT molecular complexity index is 818. The van der Waals surface area contributed by atoms with Gasteiger partial charge in [0, 0.05) is 30.5 Å². The predicted molar refractivity (Wildman–Crippen MR) is 106 cm³/mol. The molecule has 3 aromatic rings. The Morgan fingerprint density at radius 3 is 2.46 bits per heavy atom. The molecule has 3 rings (SSSR count). The van der Waals surface area contributed by atoms with Crippen molar-refractivity contribution in [2.24, 2.45) is 0 Å². The van der Waals surface area contributed by atoms with Crippen LogP contribution in [0.2, 0.25) is 0 Å². The van der Waals surface area contributed by atoms with Crippen molar-refractivity contribution in [1.29, 1.82) is 0 Å². The normalized spacial score (nSPS) is 10.8. The molecular weight excluding hydrogens is 322 g/mol. The number of aryl methyl sites for hydroxylation is 1. The van der Waals surface area contributed by atoms with Crippen LogP contribution in [0, 0.1) is 6.92 Å². The van der Waals surface area contributed by atoms with E-state index in [1.54, 1.807) is 6.20 Å². The summed E-state index contributed by atoms with van der Waals surface area (Å²) in [5, 5.41) is 3.36. The van der Waals surface area contributed by atoms with Crippen LogP contribution < -0.4 is 10.2 Å². The minimum atomic E-state index is 0.292. The molecule has 2 aromatic heterocycles. The first-order valence-corrected chi connectivity index (χ1v) is 8.92. The molecule has 1 aromatic carbocycles. The lowest BCUT2D eigenvalue weighted by molar-refractivity contribution is 0.659. The van der Waals surface area contributed by atoms with E-state index in [4.69, 9.17) is 4.98 Å². The Balaban J connectivity index is 1.80. The molecule has 0 aliphatic heterocycles. The molecule has 0 saturated carbocycles. The second-order valence-electron chi connectivity index (χ2n) is 6.58. The molecule has 0 fully saturated rings. The highest BCUT2D eigenvalue weighted by Gasteiger charge is 2.15. The van der Waals surface area contributed by atoms with E-state index in [0.717, 1.165) is 29.7 Å². The standard InChI is InChI=1S/C21H25N5/c1-16(2)26(15-18-9-5-4-6-10-18)21-24-17(3)13-20(25-21)23-14-19-11-7-8-12-22-19/h4-13,16H,14-15H2,1-3H3,(H,23,24,25). The van der Waals surface area contributed by atoms with E-state index in [-0.39, 0.29) is 0 Å². The van der Waals surface area contributed by atoms with Crippen LogP contribution in [0.1, 0.15) is 30.8 Å². The highest BCUT2D eigenvalue weighted by molar-refractivity contribution is 5.45. The first-order valence-electron chi connectivity index (χ1n) is 8.92. The van der Waals surface area contributed by atoms with Crippen LogP contribution in [-0.4, -0.2) is 21.0 Å². The number of benzene rings is 1. The Morgan fingerprint density at radius 1 is 1.00 bits per heavy atom. The van der Waals surface area contributed by atoms with Crippen molar-refractivity contribution in [1.82, 2.24) is 15.0 Å². The summed E-state index contributed by atoms with van der Waals surface area (Å²) >= 11 is 0. The number of hydrogen-bond acceptors (Lipinski definition) is 5. The molecule has 2 heterocycles. The summed E-state index contributed by atoms with van der Waals surface area (Å²) in [5.74, 6) is 1.56. The van der Waals surface area contributed by atoms with Gasteiger partial charge in [-0.2, -0.15) is 4.98 Å². The number of pyridine rings is 1. The van der Waals surface area contributed by atoms with Crippen LogP contribution >= 0.6 is 0 Å². The molecule has 0 spiro atoms. The summed E-state index contributed by atoms with van der Waals surface area (Å²) in [5.41, 5.74) is 3.17. The summed E-state index contributed by atoms with van der Waals surface area (Å²) in [6.45, 7) is 7.74. The third-order valence-electron chi connectivity index (χ3n) is 4.10. The fourth-order valence-electron chi connectivity index (χ4n) is 2.72. The third kappa shape index (κ3) is 4.79. The van der Waals surface area contributed by atoms with Crippen molar-refractivity contribution in [2.75, 3.05) is 10.2 Å². The largest absolute Gasteiger partial charge is 0.364 e. The van der Waals surface area contributed by atoms with E-state index in [1.807, 2.05) is 37.3 Å². The van der Waals surface area contributed by atoms with Crippen LogP contribution in [0.5, 0.6) is 0 Å². The van der Waals surface area contributed by atoms with Gasteiger partial charge in [-0.1, -0.05) is 36.4 Å². The third-order valence-corrected chi connectivity index (χ3v) is 4.10. The average molecular weight is 347 g/mol. The molecule has 0 aliphatic carbocycles. The number of hydrogen-bond donors (Lipinski definition) is 1. The maximum absolute atomic E-state index is 4.74. The van der Waals surface area contributed by atoms with Gasteiger partial charge in [-0.05, 0) is 38.5 Å². The Hall–Kier alpha value is -2.95. The van der Waals surface area contributed by atoms with Crippen molar-refractivity contribution in [2.45, 2.75) is 39.9 Å². The number of rotatable bonds is 7. The van der Waals surface area contributed by atoms with Gasteiger partial charge in [-0.15, -0.1) is 0 Å². The SMILES string of the molecule is Cc1cc(NCc2ccccn2)nc(N(Cc2ccccc2)C(C)C)n1. The fraction of sp³-hybridized carbons (Fsp3) is 0.286. The lowest BCUT2D eigenvalue weighted by Gasteiger charge is -2.27. The van der Waals surface area contributed by atoms with Crippen LogP contribution in [0.15, 0.2) is 60.8 Å². The summed E-state index contributed by atoms with van der Waals surface area (Å²) in [6, 6.07) is 18.6. The fourth-order valence-corrected chi connectivity index (χ4v) is 2.72. The summed E-state index contributed by atoms with van der Waals surface area (Å²) in [6.07, 6.45) is 1.80. The van der Waals surface area contributed by atoms with E-state index in [2.05, 4.69) is 58.3 Å².